The van der Waals surface area contributed by atoms with Gasteiger partial charge in [-0.05, 0) is 47.5 Å². The highest BCUT2D eigenvalue weighted by Gasteiger charge is 2.40. The van der Waals surface area contributed by atoms with Gasteiger partial charge in [0.15, 0.2) is 7.14 Å². The molecule has 0 saturated heterocycles. The Morgan fingerprint density at radius 3 is 2.20 bits per heavy atom. The molecule has 0 aliphatic carbocycles. The number of benzene rings is 5. The van der Waals surface area contributed by atoms with Gasteiger partial charge in [-0.25, -0.2) is 9.97 Å². The molecule has 45 heavy (non-hydrogen) atoms. The largest absolute Gasteiger partial charge is 0.308 e. The van der Waals surface area contributed by atoms with Crippen molar-refractivity contribution in [3.05, 3.63) is 139 Å². The predicted molar refractivity (Wildman–Crippen MR) is 185 cm³/mol. The number of pyridine rings is 2. The summed E-state index contributed by atoms with van der Waals surface area (Å²) in [4.78, 5) is 14.7. The van der Waals surface area contributed by atoms with Gasteiger partial charge in [0.05, 0.1) is 33.4 Å². The van der Waals surface area contributed by atoms with Crippen LogP contribution in [0.4, 0.5) is 0 Å². The summed E-state index contributed by atoms with van der Waals surface area (Å²) in [5.41, 5.74) is 8.53. The van der Waals surface area contributed by atoms with Gasteiger partial charge in [-0.1, -0.05) is 97.9 Å². The van der Waals surface area contributed by atoms with Crippen LogP contribution >= 0.6 is 7.14 Å². The van der Waals surface area contributed by atoms with Gasteiger partial charge >= 0.3 is 0 Å². The summed E-state index contributed by atoms with van der Waals surface area (Å²) in [6.07, 6.45) is 2.59. The van der Waals surface area contributed by atoms with Gasteiger partial charge in [0.2, 0.25) is 0 Å². The number of rotatable bonds is 4. The third kappa shape index (κ3) is 3.81. The minimum absolute atomic E-state index is 0.770. The van der Waals surface area contributed by atoms with E-state index in [1.807, 2.05) is 60.8 Å². The first-order chi connectivity index (χ1) is 22.1. The second kappa shape index (κ2) is 9.82. The maximum atomic E-state index is 15.5. The molecule has 0 radical (unpaired) electrons. The normalized spacial score (nSPS) is 15.5. The molecule has 0 saturated carbocycles. The monoisotopic (exact) mass is 598 g/mol. The number of para-hydroxylation sites is 1. The number of nitrogens with zero attached hydrogens (tertiary/aromatic N) is 4. The fourth-order valence-corrected chi connectivity index (χ4v) is 9.86. The highest BCUT2D eigenvalue weighted by atomic mass is 31.2. The van der Waals surface area contributed by atoms with E-state index in [1.54, 1.807) is 0 Å². The Labute approximate surface area is 260 Å². The molecule has 1 atom stereocenters. The van der Waals surface area contributed by atoms with Crippen molar-refractivity contribution in [3.63, 3.8) is 0 Å². The molecule has 9 rings (SSSR count). The van der Waals surface area contributed by atoms with Crippen LogP contribution in [0.3, 0.4) is 0 Å². The fourth-order valence-electron chi connectivity index (χ4n) is 6.82. The smallest absolute Gasteiger partial charge is 0.175 e. The maximum Gasteiger partial charge on any atom is 0.175 e. The number of aromatic nitrogens is 4. The molecule has 1 aliphatic rings. The molecule has 5 nitrogen and oxygen atoms in total. The third-order valence-electron chi connectivity index (χ3n) is 8.98. The van der Waals surface area contributed by atoms with E-state index < -0.39 is 7.14 Å². The predicted octanol–water partition coefficient (Wildman–Crippen LogP) is 7.97. The second-order valence-electron chi connectivity index (χ2n) is 11.5. The number of aryl methyl sites for hydroxylation is 1. The summed E-state index contributed by atoms with van der Waals surface area (Å²) in [6.45, 7) is 2.12. The Hall–Kier alpha value is -5.38. The van der Waals surface area contributed by atoms with Crippen LogP contribution in [0.25, 0.3) is 60.9 Å². The zero-order chi connectivity index (χ0) is 30.1. The van der Waals surface area contributed by atoms with E-state index in [9.17, 15) is 0 Å². The van der Waals surface area contributed by atoms with E-state index >= 15 is 4.57 Å². The van der Waals surface area contributed by atoms with E-state index in [4.69, 9.17) is 9.97 Å². The summed E-state index contributed by atoms with van der Waals surface area (Å²) in [5, 5.41) is 4.68. The van der Waals surface area contributed by atoms with Gasteiger partial charge in [-0.3, -0.25) is 9.55 Å². The van der Waals surface area contributed by atoms with E-state index in [0.717, 1.165) is 89.1 Å². The molecule has 214 valence electrons. The SMILES string of the molecule is CCc1nc2cc(-c3ccc(-c4ccc5ccc6cccnc6c5n4)cc3)cc3c2n1-c1ccccc1P3(=O)c1ccccc1. The standard InChI is InChI=1S/C39H27N4OP/c1-2-36-41-32-23-29(24-35-39(32)43(36)33-12-6-7-13-34(33)45(35,44)30-10-4-3-5-11-30)25-14-16-26(17-15-25)31-21-20-28-19-18-27-9-8-22-40-37(27)38(28)42-31/h3-24H,2H2,1H3. The van der Waals surface area contributed by atoms with Crippen LogP contribution in [0, 0.1) is 0 Å². The van der Waals surface area contributed by atoms with Crippen molar-refractivity contribution in [1.29, 1.82) is 0 Å². The van der Waals surface area contributed by atoms with Gasteiger partial charge in [0.25, 0.3) is 0 Å². The minimum atomic E-state index is -3.19. The lowest BCUT2D eigenvalue weighted by molar-refractivity contribution is 0.592. The molecular weight excluding hydrogens is 571 g/mol. The lowest BCUT2D eigenvalue weighted by Crippen LogP contribution is -2.33. The van der Waals surface area contributed by atoms with E-state index in [0.29, 0.717) is 0 Å². The van der Waals surface area contributed by atoms with Crippen LogP contribution in [-0.4, -0.2) is 19.5 Å². The zero-order valence-electron chi connectivity index (χ0n) is 24.6. The molecule has 6 heteroatoms. The Kier molecular flexibility index (Phi) is 5.68. The molecule has 3 aromatic heterocycles. The van der Waals surface area contributed by atoms with Crippen molar-refractivity contribution in [1.82, 2.24) is 19.5 Å². The first-order valence-corrected chi connectivity index (χ1v) is 16.9. The van der Waals surface area contributed by atoms with Crippen LogP contribution in [0.5, 0.6) is 0 Å². The molecule has 5 aromatic carbocycles. The summed E-state index contributed by atoms with van der Waals surface area (Å²) in [5.74, 6) is 0.968. The van der Waals surface area contributed by atoms with Gasteiger partial charge in [0, 0.05) is 44.9 Å². The van der Waals surface area contributed by atoms with E-state index in [2.05, 4.69) is 89.3 Å². The zero-order valence-corrected chi connectivity index (χ0v) is 25.4. The van der Waals surface area contributed by atoms with Gasteiger partial charge in [-0.2, -0.15) is 0 Å². The first kappa shape index (κ1) is 26.1. The summed E-state index contributed by atoms with van der Waals surface area (Å²) >= 11 is 0. The van der Waals surface area contributed by atoms with Crippen LogP contribution in [0.1, 0.15) is 12.7 Å². The molecule has 0 bridgehead atoms. The number of hydrogen-bond donors (Lipinski definition) is 0. The summed E-state index contributed by atoms with van der Waals surface area (Å²) < 4.78 is 17.8. The van der Waals surface area contributed by atoms with E-state index in [-0.39, 0.29) is 0 Å². The molecular formula is C39H27N4OP. The fraction of sp³-hybridized carbons (Fsp3) is 0.0513. The Morgan fingerprint density at radius 2 is 1.38 bits per heavy atom. The molecule has 1 aliphatic heterocycles. The van der Waals surface area contributed by atoms with Crippen molar-refractivity contribution in [2.45, 2.75) is 13.3 Å². The second-order valence-corrected chi connectivity index (χ2v) is 14.2. The highest BCUT2D eigenvalue weighted by molar-refractivity contribution is 7.86. The lowest BCUT2D eigenvalue weighted by Gasteiger charge is -2.29. The van der Waals surface area contributed by atoms with Crippen molar-refractivity contribution in [2.24, 2.45) is 0 Å². The van der Waals surface area contributed by atoms with E-state index in [1.165, 1.54) is 0 Å². The average molecular weight is 599 g/mol. The molecule has 0 fully saturated rings. The van der Waals surface area contributed by atoms with Gasteiger partial charge in [0.1, 0.15) is 5.82 Å². The minimum Gasteiger partial charge on any atom is -0.308 e. The van der Waals surface area contributed by atoms with Crippen molar-refractivity contribution >= 4 is 55.9 Å². The van der Waals surface area contributed by atoms with Gasteiger partial charge < -0.3 is 4.57 Å². The first-order valence-electron chi connectivity index (χ1n) is 15.2. The number of imidazole rings is 1. The highest BCUT2D eigenvalue weighted by Crippen LogP contribution is 2.50. The molecule has 0 N–H and O–H groups in total. The van der Waals surface area contributed by atoms with Crippen molar-refractivity contribution < 1.29 is 4.57 Å². The number of hydrogen-bond acceptors (Lipinski definition) is 4. The van der Waals surface area contributed by atoms with Crippen molar-refractivity contribution in [3.8, 4) is 28.1 Å². The average Bonchev–Trinajstić information content (AvgIpc) is 3.49. The molecule has 1 unspecified atom stereocenters. The Morgan fingerprint density at radius 1 is 0.644 bits per heavy atom. The lowest BCUT2D eigenvalue weighted by atomic mass is 10.0. The third-order valence-corrected chi connectivity index (χ3v) is 12.1. The molecule has 4 heterocycles. The molecule has 0 spiro atoms. The quantitative estimate of drug-likeness (QED) is 0.152. The maximum absolute atomic E-state index is 15.5. The Bertz CT molecular complexity index is 2500. The van der Waals surface area contributed by atoms with Crippen LogP contribution in [-0.2, 0) is 11.0 Å². The summed E-state index contributed by atoms with van der Waals surface area (Å²) in [6, 6.07) is 43.1. The van der Waals surface area contributed by atoms with Crippen LogP contribution in [0.15, 0.2) is 134 Å². The topological polar surface area (TPSA) is 60.7 Å². The summed E-state index contributed by atoms with van der Waals surface area (Å²) in [7, 11) is -3.19. The van der Waals surface area contributed by atoms with Crippen LogP contribution < -0.4 is 15.9 Å². The van der Waals surface area contributed by atoms with Crippen molar-refractivity contribution in [2.75, 3.05) is 0 Å². The number of fused-ring (bicyclic) bond motifs is 5. The van der Waals surface area contributed by atoms with Crippen LogP contribution in [0.2, 0.25) is 0 Å². The molecule has 0 amide bonds. The van der Waals surface area contributed by atoms with Gasteiger partial charge in [-0.15, -0.1) is 0 Å². The molecule has 8 aromatic rings. The Balaban J connectivity index is 1.21.